The van der Waals surface area contributed by atoms with E-state index in [0.29, 0.717) is 11.9 Å². The number of hydrogen-bond acceptors (Lipinski definition) is 5. The lowest BCUT2D eigenvalue weighted by Crippen LogP contribution is -2.18. The topological polar surface area (TPSA) is 75.9 Å². The number of aromatic nitrogens is 2. The van der Waals surface area contributed by atoms with Crippen LogP contribution in [0.2, 0.25) is 0 Å². The summed E-state index contributed by atoms with van der Waals surface area (Å²) in [4.78, 5) is 8.28. The Kier molecular flexibility index (Phi) is 4.98. The molecule has 5 heteroatoms. The van der Waals surface area contributed by atoms with E-state index < -0.39 is 0 Å². The second kappa shape index (κ2) is 6.27. The summed E-state index contributed by atoms with van der Waals surface area (Å²) in [7, 11) is 0. The molecule has 5 nitrogen and oxygen atoms in total. The summed E-state index contributed by atoms with van der Waals surface area (Å²) >= 11 is 0. The van der Waals surface area contributed by atoms with Gasteiger partial charge in [0.05, 0.1) is 12.4 Å². The number of hydrazine groups is 1. The van der Waals surface area contributed by atoms with Gasteiger partial charge < -0.3 is 10.7 Å². The van der Waals surface area contributed by atoms with Gasteiger partial charge in [0, 0.05) is 6.04 Å². The lowest BCUT2D eigenvalue weighted by Gasteiger charge is -2.15. The Balaban J connectivity index is 2.45. The van der Waals surface area contributed by atoms with Crippen molar-refractivity contribution in [3.8, 4) is 0 Å². The van der Waals surface area contributed by atoms with Gasteiger partial charge in [-0.25, -0.2) is 10.8 Å². The zero-order valence-corrected chi connectivity index (χ0v) is 10.2. The molecule has 16 heavy (non-hydrogen) atoms. The van der Waals surface area contributed by atoms with Crippen molar-refractivity contribution in [1.29, 1.82) is 0 Å². The van der Waals surface area contributed by atoms with E-state index in [9.17, 15) is 0 Å². The van der Waals surface area contributed by atoms with E-state index in [2.05, 4.69) is 41.5 Å². The predicted molar refractivity (Wildman–Crippen MR) is 67.0 cm³/mol. The SMILES string of the molecule is CC(C)CCC(C)Nc1cncc(NN)n1. The third kappa shape index (κ3) is 4.44. The maximum atomic E-state index is 5.27. The molecule has 1 aromatic rings. The molecule has 0 aliphatic heterocycles. The molecule has 0 saturated heterocycles. The first-order valence-electron chi connectivity index (χ1n) is 5.67. The summed E-state index contributed by atoms with van der Waals surface area (Å²) in [6, 6.07) is 0.393. The zero-order chi connectivity index (χ0) is 12.0. The number of nitrogen functional groups attached to an aromatic ring is 1. The van der Waals surface area contributed by atoms with Crippen LogP contribution in [0, 0.1) is 5.92 Å². The first kappa shape index (κ1) is 12.7. The van der Waals surface area contributed by atoms with Crippen molar-refractivity contribution in [1.82, 2.24) is 9.97 Å². The van der Waals surface area contributed by atoms with Crippen molar-refractivity contribution in [2.75, 3.05) is 10.7 Å². The average molecular weight is 223 g/mol. The predicted octanol–water partition coefficient (Wildman–Crippen LogP) is 2.00. The van der Waals surface area contributed by atoms with Crippen LogP contribution in [-0.2, 0) is 0 Å². The van der Waals surface area contributed by atoms with Gasteiger partial charge in [-0.2, -0.15) is 0 Å². The molecule has 1 atom stereocenters. The van der Waals surface area contributed by atoms with Crippen molar-refractivity contribution in [3.63, 3.8) is 0 Å². The van der Waals surface area contributed by atoms with Crippen LogP contribution in [0.3, 0.4) is 0 Å². The van der Waals surface area contributed by atoms with Crippen LogP contribution in [0.5, 0.6) is 0 Å². The third-order valence-electron chi connectivity index (χ3n) is 2.35. The molecule has 0 saturated carbocycles. The molecule has 0 fully saturated rings. The fourth-order valence-electron chi connectivity index (χ4n) is 1.41. The van der Waals surface area contributed by atoms with Crippen LogP contribution < -0.4 is 16.6 Å². The average Bonchev–Trinajstić information content (AvgIpc) is 2.26. The van der Waals surface area contributed by atoms with Gasteiger partial charge in [-0.05, 0) is 25.7 Å². The van der Waals surface area contributed by atoms with Gasteiger partial charge in [-0.15, -0.1) is 0 Å². The Bertz CT molecular complexity index is 313. The van der Waals surface area contributed by atoms with E-state index in [1.54, 1.807) is 12.4 Å². The first-order valence-corrected chi connectivity index (χ1v) is 5.67. The summed E-state index contributed by atoms with van der Waals surface area (Å²) in [6.45, 7) is 6.60. The summed E-state index contributed by atoms with van der Waals surface area (Å²) < 4.78 is 0. The van der Waals surface area contributed by atoms with Crippen molar-refractivity contribution in [3.05, 3.63) is 12.4 Å². The highest BCUT2D eigenvalue weighted by Gasteiger charge is 2.05. The van der Waals surface area contributed by atoms with E-state index in [1.807, 2.05) is 0 Å². The van der Waals surface area contributed by atoms with Gasteiger partial charge in [0.1, 0.15) is 5.82 Å². The number of anilines is 2. The van der Waals surface area contributed by atoms with E-state index in [0.717, 1.165) is 18.2 Å². The largest absolute Gasteiger partial charge is 0.366 e. The Morgan fingerprint density at radius 2 is 1.88 bits per heavy atom. The second-order valence-electron chi connectivity index (χ2n) is 4.45. The van der Waals surface area contributed by atoms with Crippen LogP contribution in [0.1, 0.15) is 33.6 Å². The summed E-state index contributed by atoms with van der Waals surface area (Å²) in [5, 5.41) is 3.30. The molecule has 0 spiro atoms. The molecule has 1 unspecified atom stereocenters. The summed E-state index contributed by atoms with van der Waals surface area (Å²) in [5.41, 5.74) is 2.48. The lowest BCUT2D eigenvalue weighted by atomic mass is 10.0. The van der Waals surface area contributed by atoms with Gasteiger partial charge >= 0.3 is 0 Å². The minimum atomic E-state index is 0.393. The van der Waals surface area contributed by atoms with Gasteiger partial charge in [0.15, 0.2) is 5.82 Å². The van der Waals surface area contributed by atoms with Crippen LogP contribution >= 0.6 is 0 Å². The van der Waals surface area contributed by atoms with E-state index in [1.165, 1.54) is 6.42 Å². The number of rotatable bonds is 6. The number of nitrogens with two attached hydrogens (primary N) is 1. The zero-order valence-electron chi connectivity index (χ0n) is 10.2. The van der Waals surface area contributed by atoms with Crippen molar-refractivity contribution in [2.24, 2.45) is 11.8 Å². The normalized spacial score (nSPS) is 12.6. The molecule has 0 amide bonds. The smallest absolute Gasteiger partial charge is 0.160 e. The molecule has 1 heterocycles. The minimum Gasteiger partial charge on any atom is -0.366 e. The maximum Gasteiger partial charge on any atom is 0.160 e. The highest BCUT2D eigenvalue weighted by Crippen LogP contribution is 2.11. The van der Waals surface area contributed by atoms with Crippen molar-refractivity contribution < 1.29 is 0 Å². The molecule has 0 radical (unpaired) electrons. The highest BCUT2D eigenvalue weighted by atomic mass is 15.3. The van der Waals surface area contributed by atoms with E-state index >= 15 is 0 Å². The molecule has 1 rings (SSSR count). The monoisotopic (exact) mass is 223 g/mol. The van der Waals surface area contributed by atoms with E-state index in [-0.39, 0.29) is 0 Å². The Morgan fingerprint density at radius 1 is 1.19 bits per heavy atom. The van der Waals surface area contributed by atoms with Gasteiger partial charge in [0.25, 0.3) is 0 Å². The Labute approximate surface area is 96.8 Å². The molecule has 90 valence electrons. The highest BCUT2D eigenvalue weighted by molar-refractivity contribution is 5.41. The fraction of sp³-hybridized carbons (Fsp3) is 0.636. The quantitative estimate of drug-likeness (QED) is 0.508. The Hall–Kier alpha value is -1.36. The van der Waals surface area contributed by atoms with Crippen LogP contribution in [0.25, 0.3) is 0 Å². The molecule has 1 aromatic heterocycles. The Morgan fingerprint density at radius 3 is 2.50 bits per heavy atom. The standard InChI is InChI=1S/C11H21N5/c1-8(2)4-5-9(3)14-10-6-13-7-11(15-10)16-12/h6-9H,4-5,12H2,1-3H3,(H2,14,15,16). The number of nitrogens with zero attached hydrogens (tertiary/aromatic N) is 2. The van der Waals surface area contributed by atoms with Gasteiger partial charge in [-0.1, -0.05) is 13.8 Å². The van der Waals surface area contributed by atoms with Crippen LogP contribution in [0.15, 0.2) is 12.4 Å². The minimum absolute atomic E-state index is 0.393. The third-order valence-corrected chi connectivity index (χ3v) is 2.35. The molecular formula is C11H21N5. The second-order valence-corrected chi connectivity index (χ2v) is 4.45. The molecule has 0 bridgehead atoms. The maximum absolute atomic E-state index is 5.27. The summed E-state index contributed by atoms with van der Waals surface area (Å²) in [6.07, 6.45) is 5.62. The molecule has 0 aromatic carbocycles. The van der Waals surface area contributed by atoms with Crippen molar-refractivity contribution >= 4 is 11.6 Å². The van der Waals surface area contributed by atoms with Crippen molar-refractivity contribution in [2.45, 2.75) is 39.7 Å². The van der Waals surface area contributed by atoms with Crippen LogP contribution in [0.4, 0.5) is 11.6 Å². The molecule has 4 N–H and O–H groups in total. The lowest BCUT2D eigenvalue weighted by molar-refractivity contribution is 0.527. The van der Waals surface area contributed by atoms with Gasteiger partial charge in [0.2, 0.25) is 0 Å². The number of nitrogens with one attached hydrogen (secondary N) is 2. The first-order chi connectivity index (χ1) is 7.61. The van der Waals surface area contributed by atoms with Gasteiger partial charge in [-0.3, -0.25) is 4.98 Å². The number of hydrogen-bond donors (Lipinski definition) is 3. The summed E-state index contributed by atoms with van der Waals surface area (Å²) in [5.74, 6) is 7.32. The molecule has 0 aliphatic carbocycles. The molecular weight excluding hydrogens is 202 g/mol. The van der Waals surface area contributed by atoms with Crippen LogP contribution in [-0.4, -0.2) is 16.0 Å². The fourth-order valence-corrected chi connectivity index (χ4v) is 1.41. The molecule has 0 aliphatic rings. The van der Waals surface area contributed by atoms with E-state index in [4.69, 9.17) is 5.84 Å².